The number of methoxy groups -OCH3 is 1. The number of thiophene rings is 1. The molecule has 20 heavy (non-hydrogen) atoms. The van der Waals surface area contributed by atoms with Crippen molar-refractivity contribution in [3.05, 3.63) is 10.4 Å². The number of nitrogens with one attached hydrogen (secondary N) is 1. The van der Waals surface area contributed by atoms with Crippen LogP contribution >= 0.6 is 11.3 Å². The van der Waals surface area contributed by atoms with Gasteiger partial charge >= 0.3 is 5.97 Å². The second-order valence-electron chi connectivity index (χ2n) is 5.52. The van der Waals surface area contributed by atoms with Gasteiger partial charge in [-0.25, -0.2) is 4.79 Å². The highest BCUT2D eigenvalue weighted by Crippen LogP contribution is 2.52. The summed E-state index contributed by atoms with van der Waals surface area (Å²) in [5.41, 5.74) is 6.72. The van der Waals surface area contributed by atoms with Crippen molar-refractivity contribution in [1.82, 2.24) is 0 Å². The lowest BCUT2D eigenvalue weighted by Crippen LogP contribution is -2.20. The van der Waals surface area contributed by atoms with Crippen LogP contribution in [0.3, 0.4) is 0 Å². The third-order valence-corrected chi connectivity index (χ3v) is 5.29. The van der Waals surface area contributed by atoms with Crippen LogP contribution in [0, 0.1) is 22.7 Å². The summed E-state index contributed by atoms with van der Waals surface area (Å²) in [6, 6.07) is 2.06. The zero-order valence-electron chi connectivity index (χ0n) is 11.9. The second-order valence-corrected chi connectivity index (χ2v) is 6.54. The van der Waals surface area contributed by atoms with Gasteiger partial charge in [0.05, 0.1) is 12.8 Å². The summed E-state index contributed by atoms with van der Waals surface area (Å²) in [7, 11) is 1.30. The molecule has 0 unspecified atom stereocenters. The Kier molecular flexibility index (Phi) is 3.91. The molecule has 6 heteroatoms. The van der Waals surface area contributed by atoms with Crippen molar-refractivity contribution in [3.63, 3.8) is 0 Å². The summed E-state index contributed by atoms with van der Waals surface area (Å²) < 4.78 is 4.68. The maximum atomic E-state index is 11.6. The third kappa shape index (κ3) is 2.46. The van der Waals surface area contributed by atoms with Gasteiger partial charge in [0.25, 0.3) is 0 Å². The Balaban J connectivity index is 2.20. The number of nitrogens with zero attached hydrogens (tertiary/aromatic N) is 1. The molecule has 3 N–H and O–H groups in total. The predicted octanol–water partition coefficient (Wildman–Crippen LogP) is 2.84. The van der Waals surface area contributed by atoms with Crippen molar-refractivity contribution in [2.45, 2.75) is 26.7 Å². The molecule has 0 aromatic carbocycles. The minimum absolute atomic E-state index is 0.209. The van der Waals surface area contributed by atoms with Crippen molar-refractivity contribution in [1.29, 1.82) is 5.26 Å². The molecule has 108 valence electrons. The van der Waals surface area contributed by atoms with E-state index in [9.17, 15) is 10.1 Å². The van der Waals surface area contributed by atoms with E-state index in [1.807, 2.05) is 0 Å². The lowest BCUT2D eigenvalue weighted by atomic mass is 9.92. The summed E-state index contributed by atoms with van der Waals surface area (Å²) in [6.45, 7) is 5.23. The molecule has 1 fully saturated rings. The van der Waals surface area contributed by atoms with Crippen LogP contribution < -0.4 is 11.1 Å². The molecule has 1 heterocycles. The van der Waals surface area contributed by atoms with E-state index in [-0.39, 0.29) is 5.69 Å². The fourth-order valence-corrected chi connectivity index (χ4v) is 3.28. The summed E-state index contributed by atoms with van der Waals surface area (Å²) in [5.74, 6) is 0.0972. The topological polar surface area (TPSA) is 88.1 Å². The summed E-state index contributed by atoms with van der Waals surface area (Å²) in [6.07, 6.45) is 2.40. The molecule has 1 aliphatic carbocycles. The van der Waals surface area contributed by atoms with E-state index in [0.29, 0.717) is 26.8 Å². The molecular weight excluding hydrogens is 274 g/mol. The SMILES string of the molecule is COC(=O)c1sc(NCC2(C(C)C)CC2)c(C#N)c1N. The van der Waals surface area contributed by atoms with E-state index in [0.717, 1.165) is 6.54 Å². The second kappa shape index (κ2) is 5.33. The highest BCUT2D eigenvalue weighted by Gasteiger charge is 2.45. The Labute approximate surface area is 122 Å². The van der Waals surface area contributed by atoms with Gasteiger partial charge in [-0.15, -0.1) is 11.3 Å². The number of nitrogens with two attached hydrogens (primary N) is 1. The highest BCUT2D eigenvalue weighted by molar-refractivity contribution is 7.18. The number of hydrogen-bond donors (Lipinski definition) is 2. The normalized spacial score (nSPS) is 15.8. The number of carbonyl (C=O) groups is 1. The zero-order valence-corrected chi connectivity index (χ0v) is 12.8. The van der Waals surface area contributed by atoms with Gasteiger partial charge in [-0.2, -0.15) is 5.26 Å². The maximum Gasteiger partial charge on any atom is 0.350 e. The third-order valence-electron chi connectivity index (χ3n) is 4.15. The molecule has 1 aromatic heterocycles. The molecular formula is C14H19N3O2S. The monoisotopic (exact) mass is 293 g/mol. The van der Waals surface area contributed by atoms with E-state index in [1.165, 1.54) is 31.3 Å². The van der Waals surface area contributed by atoms with E-state index in [1.54, 1.807) is 0 Å². The minimum atomic E-state index is -0.498. The van der Waals surface area contributed by atoms with Crippen molar-refractivity contribution in [3.8, 4) is 6.07 Å². The molecule has 5 nitrogen and oxygen atoms in total. The Morgan fingerprint density at radius 2 is 2.25 bits per heavy atom. The predicted molar refractivity (Wildman–Crippen MR) is 79.8 cm³/mol. The van der Waals surface area contributed by atoms with Gasteiger partial charge in [-0.1, -0.05) is 13.8 Å². The van der Waals surface area contributed by atoms with E-state index in [2.05, 4.69) is 30.0 Å². The molecule has 0 saturated heterocycles. The largest absolute Gasteiger partial charge is 0.465 e. The number of nitrogen functional groups attached to an aromatic ring is 1. The van der Waals surface area contributed by atoms with Gasteiger partial charge in [-0.3, -0.25) is 0 Å². The molecule has 1 aromatic rings. The minimum Gasteiger partial charge on any atom is -0.465 e. The molecule has 0 amide bonds. The van der Waals surface area contributed by atoms with Crippen molar-refractivity contribution in [2.24, 2.45) is 11.3 Å². The summed E-state index contributed by atoms with van der Waals surface area (Å²) in [5, 5.41) is 13.2. The molecule has 0 aliphatic heterocycles. The zero-order chi connectivity index (χ0) is 14.9. The molecule has 0 radical (unpaired) electrons. The van der Waals surface area contributed by atoms with E-state index >= 15 is 0 Å². The first-order chi connectivity index (χ1) is 9.45. The number of carbonyl (C=O) groups excluding carboxylic acids is 1. The van der Waals surface area contributed by atoms with Crippen molar-refractivity contribution in [2.75, 3.05) is 24.7 Å². The van der Waals surface area contributed by atoms with Gasteiger partial charge in [0.2, 0.25) is 0 Å². The number of hydrogen-bond acceptors (Lipinski definition) is 6. The van der Waals surface area contributed by atoms with Crippen LogP contribution in [0.5, 0.6) is 0 Å². The quantitative estimate of drug-likeness (QED) is 0.815. The molecule has 2 rings (SSSR count). The fourth-order valence-electron chi connectivity index (χ4n) is 2.30. The van der Waals surface area contributed by atoms with E-state index < -0.39 is 5.97 Å². The van der Waals surface area contributed by atoms with Crippen molar-refractivity contribution < 1.29 is 9.53 Å². The van der Waals surface area contributed by atoms with Crippen molar-refractivity contribution >= 4 is 28.0 Å². The van der Waals surface area contributed by atoms with Gasteiger partial charge in [-0.05, 0) is 24.2 Å². The van der Waals surface area contributed by atoms with Crippen LogP contribution in [0.1, 0.15) is 41.9 Å². The van der Waals surface area contributed by atoms with Crippen LogP contribution in [0.2, 0.25) is 0 Å². The average Bonchev–Trinajstić information content (AvgIpc) is 3.15. The van der Waals surface area contributed by atoms with Crippen LogP contribution in [0.25, 0.3) is 0 Å². The number of ether oxygens (including phenoxy) is 1. The Morgan fingerprint density at radius 3 is 2.70 bits per heavy atom. The molecule has 0 bridgehead atoms. The standard InChI is InChI=1S/C14H19N3O2S/c1-8(2)14(4-5-14)7-17-12-9(6-15)10(16)11(20-12)13(18)19-3/h8,17H,4-5,7,16H2,1-3H3. The number of rotatable bonds is 5. The first kappa shape index (κ1) is 14.7. The number of anilines is 2. The molecule has 1 saturated carbocycles. The Morgan fingerprint density at radius 1 is 1.60 bits per heavy atom. The smallest absolute Gasteiger partial charge is 0.350 e. The Bertz CT molecular complexity index is 568. The first-order valence-corrected chi connectivity index (χ1v) is 7.41. The summed E-state index contributed by atoms with van der Waals surface area (Å²) in [4.78, 5) is 11.9. The maximum absolute atomic E-state index is 11.6. The van der Waals surface area contributed by atoms with Gasteiger partial charge in [0.1, 0.15) is 21.5 Å². The van der Waals surface area contributed by atoms with Crippen LogP contribution in [0.4, 0.5) is 10.7 Å². The lowest BCUT2D eigenvalue weighted by Gasteiger charge is -2.20. The average molecular weight is 293 g/mol. The van der Waals surface area contributed by atoms with Gasteiger partial charge in [0.15, 0.2) is 0 Å². The van der Waals surface area contributed by atoms with E-state index in [4.69, 9.17) is 5.73 Å². The first-order valence-electron chi connectivity index (χ1n) is 6.59. The number of nitriles is 1. The fraction of sp³-hybridized carbons (Fsp3) is 0.571. The molecule has 0 atom stereocenters. The van der Waals surface area contributed by atoms with Crippen LogP contribution in [-0.2, 0) is 4.74 Å². The highest BCUT2D eigenvalue weighted by atomic mass is 32.1. The molecule has 1 aliphatic rings. The lowest BCUT2D eigenvalue weighted by molar-refractivity contribution is 0.0607. The van der Waals surface area contributed by atoms with Crippen LogP contribution in [0.15, 0.2) is 0 Å². The number of esters is 1. The van der Waals surface area contributed by atoms with Gasteiger partial charge < -0.3 is 15.8 Å². The summed E-state index contributed by atoms with van der Waals surface area (Å²) >= 11 is 1.19. The van der Waals surface area contributed by atoms with Gasteiger partial charge in [0, 0.05) is 6.54 Å². The van der Waals surface area contributed by atoms with Crippen LogP contribution in [-0.4, -0.2) is 19.6 Å². The Hall–Kier alpha value is -1.74. The molecule has 0 spiro atoms.